The van der Waals surface area contributed by atoms with E-state index in [1.54, 1.807) is 0 Å². The molecule has 0 bridgehead atoms. The van der Waals surface area contributed by atoms with Gasteiger partial charge in [-0.05, 0) is 33.2 Å². The highest BCUT2D eigenvalue weighted by Crippen LogP contribution is 2.39. The molecule has 3 nitrogen and oxygen atoms in total. The van der Waals surface area contributed by atoms with Crippen LogP contribution in [0.15, 0.2) is 0 Å². The zero-order chi connectivity index (χ0) is 11.8. The third-order valence-electron chi connectivity index (χ3n) is 4.39. The monoisotopic (exact) mass is 225 g/mol. The van der Waals surface area contributed by atoms with Crippen molar-refractivity contribution in [3.05, 3.63) is 0 Å². The zero-order valence-electron chi connectivity index (χ0n) is 11.1. The van der Waals surface area contributed by atoms with Gasteiger partial charge in [0.05, 0.1) is 0 Å². The van der Waals surface area contributed by atoms with Gasteiger partial charge < -0.3 is 10.6 Å². The van der Waals surface area contributed by atoms with E-state index < -0.39 is 0 Å². The molecule has 0 amide bonds. The molecule has 1 aliphatic carbocycles. The smallest absolute Gasteiger partial charge is 0.0310 e. The average Bonchev–Trinajstić information content (AvgIpc) is 3.01. The number of rotatable bonds is 4. The van der Waals surface area contributed by atoms with Gasteiger partial charge in [-0.3, -0.25) is 4.90 Å². The largest absolute Gasteiger partial charge is 0.329 e. The van der Waals surface area contributed by atoms with Gasteiger partial charge in [0.2, 0.25) is 0 Å². The lowest BCUT2D eigenvalue weighted by atomic mass is 9.90. The molecule has 2 aliphatic rings. The fourth-order valence-electron chi connectivity index (χ4n) is 3.20. The molecule has 2 fully saturated rings. The van der Waals surface area contributed by atoms with Crippen molar-refractivity contribution in [1.82, 2.24) is 9.80 Å². The lowest BCUT2D eigenvalue weighted by Crippen LogP contribution is -2.62. The fraction of sp³-hybridized carbons (Fsp3) is 1.00. The van der Waals surface area contributed by atoms with E-state index in [1.165, 1.54) is 38.9 Å². The van der Waals surface area contributed by atoms with Crippen molar-refractivity contribution in [3.8, 4) is 0 Å². The van der Waals surface area contributed by atoms with Crippen LogP contribution in [-0.2, 0) is 0 Å². The lowest BCUT2D eigenvalue weighted by Gasteiger charge is -2.49. The molecule has 16 heavy (non-hydrogen) atoms. The van der Waals surface area contributed by atoms with E-state index in [-0.39, 0.29) is 5.54 Å². The Morgan fingerprint density at radius 2 is 2.00 bits per heavy atom. The molecule has 0 spiro atoms. The summed E-state index contributed by atoms with van der Waals surface area (Å²) in [6, 6.07) is 0.644. The van der Waals surface area contributed by atoms with Crippen molar-refractivity contribution in [2.24, 2.45) is 11.7 Å². The second-order valence-electron chi connectivity index (χ2n) is 6.15. The van der Waals surface area contributed by atoms with Crippen molar-refractivity contribution < 1.29 is 0 Å². The SMILES string of the molecule is CC1CN(C)CCN1C(C)(CN)CC1CC1. The molecule has 2 atom stereocenters. The maximum absolute atomic E-state index is 6.06. The van der Waals surface area contributed by atoms with Crippen LogP contribution >= 0.6 is 0 Å². The van der Waals surface area contributed by atoms with E-state index in [0.717, 1.165) is 12.5 Å². The Kier molecular flexibility index (Phi) is 3.57. The second-order valence-corrected chi connectivity index (χ2v) is 6.15. The van der Waals surface area contributed by atoms with Crippen molar-refractivity contribution in [2.45, 2.75) is 44.7 Å². The van der Waals surface area contributed by atoms with Crippen molar-refractivity contribution in [1.29, 1.82) is 0 Å². The Bertz CT molecular complexity index is 239. The van der Waals surface area contributed by atoms with Crippen LogP contribution in [-0.4, -0.2) is 54.6 Å². The van der Waals surface area contributed by atoms with Crippen molar-refractivity contribution in [3.63, 3.8) is 0 Å². The van der Waals surface area contributed by atoms with Crippen LogP contribution in [0.25, 0.3) is 0 Å². The van der Waals surface area contributed by atoms with Gasteiger partial charge in [-0.15, -0.1) is 0 Å². The predicted octanol–water partition coefficient (Wildman–Crippen LogP) is 1.14. The molecule has 0 aromatic heterocycles. The minimum Gasteiger partial charge on any atom is -0.329 e. The summed E-state index contributed by atoms with van der Waals surface area (Å²) in [5.41, 5.74) is 6.29. The predicted molar refractivity (Wildman–Crippen MR) is 68.5 cm³/mol. The number of nitrogens with zero attached hydrogens (tertiary/aromatic N) is 2. The Morgan fingerprint density at radius 1 is 1.31 bits per heavy atom. The van der Waals surface area contributed by atoms with Crippen molar-refractivity contribution in [2.75, 3.05) is 33.2 Å². The Balaban J connectivity index is 2.01. The molecule has 2 N–H and O–H groups in total. The van der Waals surface area contributed by atoms with E-state index in [0.29, 0.717) is 6.04 Å². The van der Waals surface area contributed by atoms with Gasteiger partial charge in [-0.25, -0.2) is 0 Å². The van der Waals surface area contributed by atoms with Gasteiger partial charge in [0.25, 0.3) is 0 Å². The van der Waals surface area contributed by atoms with Crippen LogP contribution in [0.1, 0.15) is 33.1 Å². The molecule has 2 unspecified atom stereocenters. The van der Waals surface area contributed by atoms with Gasteiger partial charge in [0.15, 0.2) is 0 Å². The zero-order valence-corrected chi connectivity index (χ0v) is 11.1. The Labute approximate surface area is 100.0 Å². The van der Waals surface area contributed by atoms with Gasteiger partial charge in [0.1, 0.15) is 0 Å². The van der Waals surface area contributed by atoms with Gasteiger partial charge in [-0.1, -0.05) is 12.8 Å². The maximum atomic E-state index is 6.06. The topological polar surface area (TPSA) is 32.5 Å². The summed E-state index contributed by atoms with van der Waals surface area (Å²) in [6.07, 6.45) is 4.16. The Hall–Kier alpha value is -0.120. The summed E-state index contributed by atoms with van der Waals surface area (Å²) < 4.78 is 0. The fourth-order valence-corrected chi connectivity index (χ4v) is 3.20. The first kappa shape index (κ1) is 12.3. The maximum Gasteiger partial charge on any atom is 0.0310 e. The van der Waals surface area contributed by atoms with Gasteiger partial charge in [-0.2, -0.15) is 0 Å². The third kappa shape index (κ3) is 2.58. The van der Waals surface area contributed by atoms with Crippen LogP contribution in [0.4, 0.5) is 0 Å². The first-order chi connectivity index (χ1) is 7.55. The quantitative estimate of drug-likeness (QED) is 0.779. The molecule has 0 radical (unpaired) electrons. The molecule has 3 heteroatoms. The van der Waals surface area contributed by atoms with Crippen LogP contribution < -0.4 is 5.73 Å². The number of nitrogens with two attached hydrogens (primary N) is 1. The van der Waals surface area contributed by atoms with Gasteiger partial charge in [0, 0.05) is 37.8 Å². The molecule has 1 saturated heterocycles. The number of piperazine rings is 1. The third-order valence-corrected chi connectivity index (χ3v) is 4.39. The van der Waals surface area contributed by atoms with Crippen LogP contribution in [0.3, 0.4) is 0 Å². The van der Waals surface area contributed by atoms with E-state index in [4.69, 9.17) is 5.73 Å². The van der Waals surface area contributed by atoms with Crippen LogP contribution in [0.5, 0.6) is 0 Å². The summed E-state index contributed by atoms with van der Waals surface area (Å²) in [6.45, 7) is 9.06. The molecule has 2 rings (SSSR count). The lowest BCUT2D eigenvalue weighted by molar-refractivity contribution is 0.00532. The molecule has 0 aromatic rings. The minimum absolute atomic E-state index is 0.238. The van der Waals surface area contributed by atoms with E-state index in [2.05, 4.69) is 30.7 Å². The second kappa shape index (κ2) is 4.63. The number of hydrogen-bond acceptors (Lipinski definition) is 3. The first-order valence-electron chi connectivity index (χ1n) is 6.70. The molecule has 1 saturated carbocycles. The summed E-state index contributed by atoms with van der Waals surface area (Å²) in [5.74, 6) is 0.959. The Morgan fingerprint density at radius 3 is 2.50 bits per heavy atom. The van der Waals surface area contributed by atoms with Crippen LogP contribution in [0, 0.1) is 5.92 Å². The van der Waals surface area contributed by atoms with E-state index in [9.17, 15) is 0 Å². The molecule has 1 aliphatic heterocycles. The summed E-state index contributed by atoms with van der Waals surface area (Å²) in [4.78, 5) is 5.08. The van der Waals surface area contributed by atoms with Crippen molar-refractivity contribution >= 4 is 0 Å². The molecule has 94 valence electrons. The number of hydrogen-bond donors (Lipinski definition) is 1. The standard InChI is InChI=1S/C13H27N3/c1-11-9-15(3)6-7-16(11)13(2,10-14)8-12-4-5-12/h11-12H,4-10,14H2,1-3H3. The molecule has 1 heterocycles. The molecular formula is C13H27N3. The summed E-state index contributed by atoms with van der Waals surface area (Å²) in [7, 11) is 2.22. The van der Waals surface area contributed by atoms with Crippen LogP contribution in [0.2, 0.25) is 0 Å². The molecule has 0 aromatic carbocycles. The van der Waals surface area contributed by atoms with E-state index in [1.807, 2.05) is 0 Å². The highest BCUT2D eigenvalue weighted by molar-refractivity contribution is 4.96. The normalized spacial score (nSPS) is 32.6. The highest BCUT2D eigenvalue weighted by Gasteiger charge is 2.40. The minimum atomic E-state index is 0.238. The highest BCUT2D eigenvalue weighted by atomic mass is 15.3. The summed E-state index contributed by atoms with van der Waals surface area (Å²) in [5, 5.41) is 0. The van der Waals surface area contributed by atoms with E-state index >= 15 is 0 Å². The number of likely N-dealkylation sites (N-methyl/N-ethyl adjacent to an activating group) is 1. The average molecular weight is 225 g/mol. The molecular weight excluding hydrogens is 198 g/mol. The summed E-state index contributed by atoms with van der Waals surface area (Å²) >= 11 is 0. The first-order valence-corrected chi connectivity index (χ1v) is 6.70. The van der Waals surface area contributed by atoms with Gasteiger partial charge >= 0.3 is 0 Å².